The number of rotatable bonds is 5. The Hall–Kier alpha value is -2.94. The quantitative estimate of drug-likeness (QED) is 0.663. The van der Waals surface area contributed by atoms with Crippen molar-refractivity contribution in [1.29, 1.82) is 0 Å². The fourth-order valence-corrected chi connectivity index (χ4v) is 2.76. The van der Waals surface area contributed by atoms with E-state index in [-0.39, 0.29) is 30.4 Å². The number of nitrogens with one attached hydrogen (secondary N) is 2. The van der Waals surface area contributed by atoms with Gasteiger partial charge in [0.05, 0.1) is 12.6 Å². The van der Waals surface area contributed by atoms with Gasteiger partial charge in [0, 0.05) is 25.0 Å². The zero-order valence-electron chi connectivity index (χ0n) is 14.1. The molecular formula is C17H20N4O5. The summed E-state index contributed by atoms with van der Waals surface area (Å²) in [5, 5.41) is 6.70. The lowest BCUT2D eigenvalue weighted by Gasteiger charge is -2.32. The van der Waals surface area contributed by atoms with Gasteiger partial charge in [-0.25, -0.2) is 5.43 Å². The van der Waals surface area contributed by atoms with Gasteiger partial charge in [-0.3, -0.25) is 14.4 Å². The van der Waals surface area contributed by atoms with Crippen LogP contribution in [-0.4, -0.2) is 48.8 Å². The number of benzene rings is 1. The first-order chi connectivity index (χ1) is 12.5. The molecule has 138 valence electrons. The highest BCUT2D eigenvalue weighted by molar-refractivity contribution is 6.39. The predicted molar refractivity (Wildman–Crippen MR) is 91.6 cm³/mol. The molecule has 9 heteroatoms. The van der Waals surface area contributed by atoms with Crippen molar-refractivity contribution >= 4 is 23.4 Å². The number of carbonyl (C=O) groups is 3. The van der Waals surface area contributed by atoms with Crippen LogP contribution in [0.4, 0.5) is 0 Å². The van der Waals surface area contributed by atoms with Gasteiger partial charge in [0.25, 0.3) is 5.91 Å². The number of ether oxygens (including phenoxy) is 2. The Bertz CT molecular complexity index is 731. The third-order valence-corrected chi connectivity index (χ3v) is 4.21. The van der Waals surface area contributed by atoms with Gasteiger partial charge in [-0.1, -0.05) is 0 Å². The number of amides is 3. The highest BCUT2D eigenvalue weighted by Gasteiger charge is 2.30. The van der Waals surface area contributed by atoms with Crippen molar-refractivity contribution in [1.82, 2.24) is 10.7 Å². The Morgan fingerprint density at radius 3 is 2.69 bits per heavy atom. The van der Waals surface area contributed by atoms with E-state index in [1.807, 2.05) is 0 Å². The molecule has 1 aromatic rings. The van der Waals surface area contributed by atoms with Crippen LogP contribution in [-0.2, 0) is 14.3 Å². The molecule has 2 atom stereocenters. The van der Waals surface area contributed by atoms with Gasteiger partial charge >= 0.3 is 0 Å². The van der Waals surface area contributed by atoms with Crippen LogP contribution in [0.3, 0.4) is 0 Å². The second-order valence-electron chi connectivity index (χ2n) is 6.08. The SMILES string of the molecule is NC(=O)c1ccc(O[C@@H]2COCC[C@H]2NC(=O)C2=NNC(=O)CC2)cc1. The molecule has 2 aliphatic rings. The summed E-state index contributed by atoms with van der Waals surface area (Å²) in [5.41, 5.74) is 8.21. The molecule has 2 heterocycles. The molecule has 1 fully saturated rings. The molecule has 0 radical (unpaired) electrons. The number of nitrogens with two attached hydrogens (primary N) is 1. The molecule has 0 aliphatic carbocycles. The van der Waals surface area contributed by atoms with E-state index in [9.17, 15) is 14.4 Å². The average Bonchev–Trinajstić information content (AvgIpc) is 2.64. The topological polar surface area (TPSA) is 132 Å². The number of carbonyl (C=O) groups excluding carboxylic acids is 3. The van der Waals surface area contributed by atoms with Crippen molar-refractivity contribution in [2.24, 2.45) is 10.8 Å². The highest BCUT2D eigenvalue weighted by Crippen LogP contribution is 2.19. The smallest absolute Gasteiger partial charge is 0.267 e. The standard InChI is InChI=1S/C17H20N4O5/c18-16(23)10-1-3-11(4-2-10)26-14-9-25-8-7-12(14)19-17(24)13-5-6-15(22)21-20-13/h1-4,12,14H,5-9H2,(H2,18,23)(H,19,24)(H,21,22)/t12-,14-/m1/s1. The Morgan fingerprint density at radius 2 is 2.04 bits per heavy atom. The number of hydrazone groups is 1. The van der Waals surface area contributed by atoms with Gasteiger partial charge in [0.15, 0.2) is 0 Å². The number of primary amides is 1. The zero-order chi connectivity index (χ0) is 18.5. The van der Waals surface area contributed by atoms with Crippen LogP contribution in [0.15, 0.2) is 29.4 Å². The summed E-state index contributed by atoms with van der Waals surface area (Å²) in [6.07, 6.45) is 0.758. The van der Waals surface area contributed by atoms with Crippen LogP contribution in [0.5, 0.6) is 5.75 Å². The van der Waals surface area contributed by atoms with Crippen LogP contribution in [0.25, 0.3) is 0 Å². The Labute approximate surface area is 149 Å². The van der Waals surface area contributed by atoms with E-state index in [2.05, 4.69) is 15.8 Å². The van der Waals surface area contributed by atoms with E-state index in [1.165, 1.54) is 0 Å². The molecule has 0 unspecified atom stereocenters. The minimum atomic E-state index is -0.511. The maximum Gasteiger partial charge on any atom is 0.267 e. The van der Waals surface area contributed by atoms with Gasteiger partial charge in [-0.2, -0.15) is 5.10 Å². The second kappa shape index (κ2) is 7.96. The van der Waals surface area contributed by atoms with Crippen molar-refractivity contribution in [2.75, 3.05) is 13.2 Å². The molecule has 1 saturated heterocycles. The minimum absolute atomic E-state index is 0.201. The summed E-state index contributed by atoms with van der Waals surface area (Å²) in [7, 11) is 0. The van der Waals surface area contributed by atoms with Gasteiger partial charge in [-0.05, 0) is 30.7 Å². The largest absolute Gasteiger partial charge is 0.486 e. The van der Waals surface area contributed by atoms with E-state index in [0.717, 1.165) is 0 Å². The predicted octanol–water partition coefficient (Wildman–Crippen LogP) is -0.296. The van der Waals surface area contributed by atoms with Gasteiger partial charge in [0.1, 0.15) is 17.6 Å². The molecule has 2 aliphatic heterocycles. The first-order valence-corrected chi connectivity index (χ1v) is 8.33. The molecule has 0 saturated carbocycles. The normalized spacial score (nSPS) is 22.8. The molecule has 3 rings (SSSR count). The van der Waals surface area contributed by atoms with Gasteiger partial charge < -0.3 is 20.5 Å². The third-order valence-electron chi connectivity index (χ3n) is 4.21. The molecule has 26 heavy (non-hydrogen) atoms. The number of hydrogen-bond acceptors (Lipinski definition) is 6. The maximum atomic E-state index is 12.3. The van der Waals surface area contributed by atoms with E-state index >= 15 is 0 Å². The van der Waals surface area contributed by atoms with Crippen LogP contribution >= 0.6 is 0 Å². The van der Waals surface area contributed by atoms with Gasteiger partial charge in [0.2, 0.25) is 11.8 Å². The van der Waals surface area contributed by atoms with Gasteiger partial charge in [-0.15, -0.1) is 0 Å². The molecule has 1 aromatic carbocycles. The van der Waals surface area contributed by atoms with Crippen molar-refractivity contribution in [3.63, 3.8) is 0 Å². The van der Waals surface area contributed by atoms with Crippen LogP contribution in [0.2, 0.25) is 0 Å². The lowest BCUT2D eigenvalue weighted by Crippen LogP contribution is -2.53. The molecule has 0 bridgehead atoms. The van der Waals surface area contributed by atoms with Crippen molar-refractivity contribution in [2.45, 2.75) is 31.4 Å². The molecule has 0 spiro atoms. The summed E-state index contributed by atoms with van der Waals surface area (Å²) in [6.45, 7) is 0.834. The van der Waals surface area contributed by atoms with Crippen molar-refractivity contribution in [3.05, 3.63) is 29.8 Å². The van der Waals surface area contributed by atoms with Crippen LogP contribution < -0.4 is 21.2 Å². The van der Waals surface area contributed by atoms with E-state index in [1.54, 1.807) is 24.3 Å². The molecular weight excluding hydrogens is 340 g/mol. The number of hydrogen-bond donors (Lipinski definition) is 3. The minimum Gasteiger partial charge on any atom is -0.486 e. The molecule has 9 nitrogen and oxygen atoms in total. The average molecular weight is 360 g/mol. The highest BCUT2D eigenvalue weighted by atomic mass is 16.5. The third kappa shape index (κ3) is 4.37. The Kier molecular flexibility index (Phi) is 5.47. The summed E-state index contributed by atoms with van der Waals surface area (Å²) < 4.78 is 11.4. The van der Waals surface area contributed by atoms with Crippen LogP contribution in [0.1, 0.15) is 29.6 Å². The fraction of sp³-hybridized carbons (Fsp3) is 0.412. The van der Waals surface area contributed by atoms with E-state index in [4.69, 9.17) is 15.2 Å². The number of nitrogens with zero attached hydrogens (tertiary/aromatic N) is 1. The molecule has 3 amide bonds. The van der Waals surface area contributed by atoms with E-state index in [0.29, 0.717) is 43.1 Å². The molecule has 4 N–H and O–H groups in total. The monoisotopic (exact) mass is 360 g/mol. The summed E-state index contributed by atoms with van der Waals surface area (Å²) in [6, 6.07) is 6.19. The van der Waals surface area contributed by atoms with E-state index < -0.39 is 5.91 Å². The van der Waals surface area contributed by atoms with Crippen molar-refractivity contribution in [3.8, 4) is 5.75 Å². The maximum absolute atomic E-state index is 12.3. The summed E-state index contributed by atoms with van der Waals surface area (Å²) in [4.78, 5) is 34.6. The fourth-order valence-electron chi connectivity index (χ4n) is 2.76. The second-order valence-corrected chi connectivity index (χ2v) is 6.08. The zero-order valence-corrected chi connectivity index (χ0v) is 14.1. The summed E-state index contributed by atoms with van der Waals surface area (Å²) in [5.74, 6) is -0.488. The lowest BCUT2D eigenvalue weighted by molar-refractivity contribution is -0.121. The summed E-state index contributed by atoms with van der Waals surface area (Å²) >= 11 is 0. The first kappa shape index (κ1) is 17.9. The van der Waals surface area contributed by atoms with Crippen LogP contribution in [0, 0.1) is 0 Å². The Balaban J connectivity index is 1.63. The Morgan fingerprint density at radius 1 is 1.27 bits per heavy atom. The lowest BCUT2D eigenvalue weighted by atomic mass is 10.0. The van der Waals surface area contributed by atoms with Crippen molar-refractivity contribution < 1.29 is 23.9 Å². The molecule has 0 aromatic heterocycles. The first-order valence-electron chi connectivity index (χ1n) is 8.33.